The second-order valence-corrected chi connectivity index (χ2v) is 9.35. The maximum Gasteiger partial charge on any atom is 0.273 e. The number of hydrogen-bond donors (Lipinski definition) is 1. The van der Waals surface area contributed by atoms with Crippen LogP contribution in [0.25, 0.3) is 11.3 Å². The van der Waals surface area contributed by atoms with Crippen molar-refractivity contribution in [1.82, 2.24) is 14.8 Å². The average Bonchev–Trinajstić information content (AvgIpc) is 3.26. The predicted molar refractivity (Wildman–Crippen MR) is 112 cm³/mol. The van der Waals surface area contributed by atoms with Gasteiger partial charge < -0.3 is 9.84 Å². The molecule has 156 valence electrons. The van der Waals surface area contributed by atoms with Crippen LogP contribution in [0.3, 0.4) is 0 Å². The second kappa shape index (κ2) is 8.41. The van der Waals surface area contributed by atoms with E-state index in [1.807, 2.05) is 37.3 Å². The summed E-state index contributed by atoms with van der Waals surface area (Å²) in [7, 11) is -3.52. The molecular weight excluding hydrogens is 402 g/mol. The summed E-state index contributed by atoms with van der Waals surface area (Å²) in [4.78, 5) is 12.8. The summed E-state index contributed by atoms with van der Waals surface area (Å²) >= 11 is 0. The second-order valence-electron chi connectivity index (χ2n) is 7.41. The van der Waals surface area contributed by atoms with Gasteiger partial charge in [-0.2, -0.15) is 4.31 Å². The van der Waals surface area contributed by atoms with Crippen molar-refractivity contribution in [3.8, 4) is 11.3 Å². The lowest BCUT2D eigenvalue weighted by Gasteiger charge is -2.31. The molecule has 0 aliphatic carbocycles. The molecule has 1 saturated heterocycles. The zero-order valence-corrected chi connectivity index (χ0v) is 17.4. The van der Waals surface area contributed by atoms with Gasteiger partial charge in [-0.1, -0.05) is 53.2 Å². The van der Waals surface area contributed by atoms with E-state index < -0.39 is 10.0 Å². The molecule has 0 atom stereocenters. The van der Waals surface area contributed by atoms with E-state index in [4.69, 9.17) is 4.52 Å². The Kier molecular flexibility index (Phi) is 5.69. The molecule has 1 fully saturated rings. The number of sulfonamides is 1. The van der Waals surface area contributed by atoms with Crippen molar-refractivity contribution in [3.05, 3.63) is 71.9 Å². The van der Waals surface area contributed by atoms with Gasteiger partial charge in [0.15, 0.2) is 11.5 Å². The standard InChI is InChI=1S/C22H23N3O4S/c1-16-7-9-19(10-8-16)30(27,28)25-13-11-18(12-14-25)23-22(26)20-15-21(29-24-20)17-5-3-2-4-6-17/h2-10,15,18H,11-14H2,1H3,(H,23,26). The van der Waals surface area contributed by atoms with Crippen molar-refractivity contribution in [1.29, 1.82) is 0 Å². The summed E-state index contributed by atoms with van der Waals surface area (Å²) in [5.41, 5.74) is 2.07. The van der Waals surface area contributed by atoms with Crippen LogP contribution in [0.1, 0.15) is 28.9 Å². The van der Waals surface area contributed by atoms with E-state index in [1.165, 1.54) is 4.31 Å². The van der Waals surface area contributed by atoms with Crippen LogP contribution in [-0.4, -0.2) is 42.9 Å². The molecule has 2 heterocycles. The molecule has 3 aromatic rings. The highest BCUT2D eigenvalue weighted by atomic mass is 32.2. The van der Waals surface area contributed by atoms with Gasteiger partial charge in [0.2, 0.25) is 10.0 Å². The number of rotatable bonds is 5. The molecule has 0 radical (unpaired) electrons. The molecule has 1 amide bonds. The first kappa shape index (κ1) is 20.3. The fourth-order valence-corrected chi connectivity index (χ4v) is 4.95. The van der Waals surface area contributed by atoms with Gasteiger partial charge in [-0.15, -0.1) is 0 Å². The molecule has 2 aromatic carbocycles. The van der Waals surface area contributed by atoms with Gasteiger partial charge >= 0.3 is 0 Å². The van der Waals surface area contributed by atoms with Gasteiger partial charge in [-0.05, 0) is 31.9 Å². The number of nitrogens with zero attached hydrogens (tertiary/aromatic N) is 2. The molecule has 1 aromatic heterocycles. The van der Waals surface area contributed by atoms with E-state index in [-0.39, 0.29) is 17.6 Å². The van der Waals surface area contributed by atoms with E-state index >= 15 is 0 Å². The minimum absolute atomic E-state index is 0.112. The molecule has 30 heavy (non-hydrogen) atoms. The van der Waals surface area contributed by atoms with Crippen molar-refractivity contribution in [2.75, 3.05) is 13.1 Å². The Morgan fingerprint density at radius 3 is 2.40 bits per heavy atom. The Morgan fingerprint density at radius 1 is 1.07 bits per heavy atom. The number of carbonyl (C=O) groups is 1. The number of hydrogen-bond acceptors (Lipinski definition) is 5. The van der Waals surface area contributed by atoms with Crippen LogP contribution in [-0.2, 0) is 10.0 Å². The van der Waals surface area contributed by atoms with E-state index in [2.05, 4.69) is 10.5 Å². The minimum atomic E-state index is -3.52. The van der Waals surface area contributed by atoms with Crippen LogP contribution in [0, 0.1) is 6.92 Å². The molecule has 0 spiro atoms. The lowest BCUT2D eigenvalue weighted by molar-refractivity contribution is 0.0914. The minimum Gasteiger partial charge on any atom is -0.355 e. The Morgan fingerprint density at radius 2 is 1.73 bits per heavy atom. The van der Waals surface area contributed by atoms with Crippen LogP contribution in [0.15, 0.2) is 70.1 Å². The third-order valence-corrected chi connectivity index (χ3v) is 7.16. The summed E-state index contributed by atoms with van der Waals surface area (Å²) in [5, 5.41) is 6.80. The highest BCUT2D eigenvalue weighted by Crippen LogP contribution is 2.22. The Bertz CT molecular complexity index is 1120. The van der Waals surface area contributed by atoms with E-state index in [0.717, 1.165) is 11.1 Å². The highest BCUT2D eigenvalue weighted by Gasteiger charge is 2.30. The molecular formula is C22H23N3O4S. The average molecular weight is 426 g/mol. The molecule has 1 aliphatic rings. The van der Waals surface area contributed by atoms with Gasteiger partial charge in [0, 0.05) is 30.8 Å². The topological polar surface area (TPSA) is 92.5 Å². The molecule has 0 unspecified atom stereocenters. The van der Waals surface area contributed by atoms with Crippen molar-refractivity contribution in [3.63, 3.8) is 0 Å². The SMILES string of the molecule is Cc1ccc(S(=O)(=O)N2CCC(NC(=O)c3cc(-c4ccccc4)on3)CC2)cc1. The van der Waals surface area contributed by atoms with E-state index in [0.29, 0.717) is 36.6 Å². The van der Waals surface area contributed by atoms with Crippen LogP contribution in [0.5, 0.6) is 0 Å². The number of amides is 1. The zero-order chi connectivity index (χ0) is 21.1. The summed E-state index contributed by atoms with van der Waals surface area (Å²) in [6.45, 7) is 2.63. The first-order valence-electron chi connectivity index (χ1n) is 9.83. The molecule has 1 N–H and O–H groups in total. The van der Waals surface area contributed by atoms with Crippen LogP contribution < -0.4 is 5.32 Å². The third kappa shape index (κ3) is 4.29. The normalized spacial score (nSPS) is 15.8. The van der Waals surface area contributed by atoms with Gasteiger partial charge in [0.1, 0.15) is 0 Å². The Hall–Kier alpha value is -2.97. The van der Waals surface area contributed by atoms with Gasteiger partial charge in [-0.25, -0.2) is 8.42 Å². The Balaban J connectivity index is 1.35. The molecule has 1 aliphatic heterocycles. The van der Waals surface area contributed by atoms with Gasteiger partial charge in [0.05, 0.1) is 4.90 Å². The molecule has 0 bridgehead atoms. The van der Waals surface area contributed by atoms with E-state index in [1.54, 1.807) is 30.3 Å². The van der Waals surface area contributed by atoms with Gasteiger partial charge in [-0.3, -0.25) is 4.79 Å². The summed E-state index contributed by atoms with van der Waals surface area (Å²) in [6, 6.07) is 17.8. The molecule has 4 rings (SSSR count). The zero-order valence-electron chi connectivity index (χ0n) is 16.6. The molecule has 0 saturated carbocycles. The quantitative estimate of drug-likeness (QED) is 0.678. The fourth-order valence-electron chi connectivity index (χ4n) is 3.48. The van der Waals surface area contributed by atoms with Crippen molar-refractivity contribution < 1.29 is 17.7 Å². The largest absolute Gasteiger partial charge is 0.355 e. The monoisotopic (exact) mass is 425 g/mol. The number of benzene rings is 2. The number of carbonyl (C=O) groups excluding carboxylic acids is 1. The number of aromatic nitrogens is 1. The van der Waals surface area contributed by atoms with Crippen LogP contribution in [0.2, 0.25) is 0 Å². The first-order valence-corrected chi connectivity index (χ1v) is 11.3. The van der Waals surface area contributed by atoms with Crippen LogP contribution in [0.4, 0.5) is 0 Å². The Labute approximate surface area is 175 Å². The maximum absolute atomic E-state index is 12.8. The first-order chi connectivity index (χ1) is 14.4. The summed E-state index contributed by atoms with van der Waals surface area (Å²) in [5.74, 6) is 0.209. The fraction of sp³-hybridized carbons (Fsp3) is 0.273. The van der Waals surface area contributed by atoms with Crippen molar-refractivity contribution >= 4 is 15.9 Å². The lowest BCUT2D eigenvalue weighted by atomic mass is 10.1. The molecule has 7 nitrogen and oxygen atoms in total. The van der Waals surface area contributed by atoms with Crippen LogP contribution >= 0.6 is 0 Å². The third-order valence-electron chi connectivity index (χ3n) is 5.25. The summed E-state index contributed by atoms with van der Waals surface area (Å²) in [6.07, 6.45) is 1.08. The smallest absolute Gasteiger partial charge is 0.273 e. The molecule has 8 heteroatoms. The van der Waals surface area contributed by atoms with Gasteiger partial charge in [0.25, 0.3) is 5.91 Å². The van der Waals surface area contributed by atoms with Crippen molar-refractivity contribution in [2.45, 2.75) is 30.7 Å². The summed E-state index contributed by atoms with van der Waals surface area (Å²) < 4.78 is 32.4. The highest BCUT2D eigenvalue weighted by molar-refractivity contribution is 7.89. The van der Waals surface area contributed by atoms with Crippen molar-refractivity contribution in [2.24, 2.45) is 0 Å². The van der Waals surface area contributed by atoms with E-state index in [9.17, 15) is 13.2 Å². The number of nitrogens with one attached hydrogen (secondary N) is 1. The lowest BCUT2D eigenvalue weighted by Crippen LogP contribution is -2.46. The number of piperidine rings is 1. The predicted octanol–water partition coefficient (Wildman–Crippen LogP) is 3.23. The maximum atomic E-state index is 12.8. The number of aryl methyl sites for hydroxylation is 1.